The highest BCUT2D eigenvalue weighted by molar-refractivity contribution is 5.75. The quantitative estimate of drug-likeness (QED) is 0.643. The number of ether oxygens (including phenoxy) is 2. The van der Waals surface area contributed by atoms with Gasteiger partial charge in [0.25, 0.3) is 0 Å². The van der Waals surface area contributed by atoms with Crippen molar-refractivity contribution < 1.29 is 24.2 Å². The highest BCUT2D eigenvalue weighted by Crippen LogP contribution is 2.18. The average molecular weight is 310 g/mol. The van der Waals surface area contributed by atoms with Crippen LogP contribution in [0.15, 0.2) is 24.3 Å². The number of carboxylic acid groups (broad SMARTS) is 1. The van der Waals surface area contributed by atoms with Gasteiger partial charge in [-0.25, -0.2) is 4.79 Å². The molecule has 1 unspecified atom stereocenters. The predicted molar refractivity (Wildman–Crippen MR) is 81.0 cm³/mol. The molecule has 0 saturated heterocycles. The van der Waals surface area contributed by atoms with Crippen LogP contribution in [-0.2, 0) is 9.53 Å². The van der Waals surface area contributed by atoms with Gasteiger partial charge in [0.2, 0.25) is 0 Å². The molecule has 0 radical (unpaired) electrons. The first-order valence-corrected chi connectivity index (χ1v) is 7.04. The van der Waals surface area contributed by atoms with Gasteiger partial charge in [-0.3, -0.25) is 4.79 Å². The van der Waals surface area contributed by atoms with E-state index in [0.717, 1.165) is 11.3 Å². The fraction of sp³-hybridized carbons (Fsp3) is 0.467. The lowest BCUT2D eigenvalue weighted by molar-refractivity contribution is -0.136. The lowest BCUT2D eigenvalue weighted by atomic mass is 10.1. The number of carbonyl (C=O) groups is 2. The number of rotatable bonds is 9. The third-order valence-corrected chi connectivity index (χ3v) is 2.86. The molecule has 1 rings (SSSR count). The Morgan fingerprint density at radius 2 is 1.95 bits per heavy atom. The predicted octanol–water partition coefficient (Wildman–Crippen LogP) is 1.55. The van der Waals surface area contributed by atoms with Gasteiger partial charge in [-0.05, 0) is 24.6 Å². The molecule has 0 aromatic heterocycles. The summed E-state index contributed by atoms with van der Waals surface area (Å²) in [6, 6.07) is 6.60. The zero-order valence-corrected chi connectivity index (χ0v) is 12.8. The number of nitrogens with one attached hydrogen (secondary N) is 2. The molecule has 2 amide bonds. The number of urea groups is 1. The number of methoxy groups -OCH3 is 1. The maximum Gasteiger partial charge on any atom is 0.315 e. The summed E-state index contributed by atoms with van der Waals surface area (Å²) in [4.78, 5) is 22.2. The molecule has 122 valence electrons. The van der Waals surface area contributed by atoms with Crippen LogP contribution in [0.3, 0.4) is 0 Å². The van der Waals surface area contributed by atoms with Gasteiger partial charge >= 0.3 is 12.0 Å². The van der Waals surface area contributed by atoms with Crippen LogP contribution < -0.4 is 15.4 Å². The fourth-order valence-electron chi connectivity index (χ4n) is 1.84. The van der Waals surface area contributed by atoms with Crippen LogP contribution in [0.1, 0.15) is 24.9 Å². The molecule has 0 aliphatic heterocycles. The van der Waals surface area contributed by atoms with Crippen LogP contribution in [0.4, 0.5) is 4.79 Å². The molecule has 0 heterocycles. The largest absolute Gasteiger partial charge is 0.494 e. The summed E-state index contributed by atoms with van der Waals surface area (Å²) >= 11 is 0. The van der Waals surface area contributed by atoms with E-state index in [1.807, 2.05) is 31.2 Å². The molecule has 0 bridgehead atoms. The molecule has 0 aliphatic carbocycles. The average Bonchev–Trinajstić information content (AvgIpc) is 2.47. The van der Waals surface area contributed by atoms with Crippen molar-refractivity contribution in [3.8, 4) is 5.75 Å². The molecule has 0 spiro atoms. The van der Waals surface area contributed by atoms with E-state index in [4.69, 9.17) is 14.6 Å². The molecule has 7 nitrogen and oxygen atoms in total. The summed E-state index contributed by atoms with van der Waals surface area (Å²) in [7, 11) is 1.55. The number of amides is 2. The Balaban J connectivity index is 2.60. The third-order valence-electron chi connectivity index (χ3n) is 2.86. The van der Waals surface area contributed by atoms with Crippen LogP contribution in [0, 0.1) is 0 Å². The van der Waals surface area contributed by atoms with E-state index in [2.05, 4.69) is 10.6 Å². The molecule has 3 N–H and O–H groups in total. The van der Waals surface area contributed by atoms with Gasteiger partial charge in [0.1, 0.15) is 5.75 Å². The zero-order valence-electron chi connectivity index (χ0n) is 12.8. The molecule has 1 aromatic rings. The summed E-state index contributed by atoms with van der Waals surface area (Å²) < 4.78 is 10.5. The summed E-state index contributed by atoms with van der Waals surface area (Å²) in [6.45, 7) is 2.88. The molecule has 22 heavy (non-hydrogen) atoms. The SMILES string of the molecule is CCOc1ccc(C(COC)NC(=O)NCCC(=O)O)cc1. The van der Waals surface area contributed by atoms with Gasteiger partial charge in [-0.1, -0.05) is 12.1 Å². The minimum atomic E-state index is -0.958. The van der Waals surface area contributed by atoms with Gasteiger partial charge in [-0.2, -0.15) is 0 Å². The van der Waals surface area contributed by atoms with Gasteiger partial charge in [0.05, 0.1) is 25.7 Å². The second-order valence-corrected chi connectivity index (χ2v) is 4.55. The Morgan fingerprint density at radius 3 is 2.50 bits per heavy atom. The lowest BCUT2D eigenvalue weighted by Crippen LogP contribution is -2.40. The van der Waals surface area contributed by atoms with E-state index in [0.29, 0.717) is 13.2 Å². The molecule has 0 fully saturated rings. The van der Waals surface area contributed by atoms with Crippen molar-refractivity contribution in [2.24, 2.45) is 0 Å². The number of benzene rings is 1. The van der Waals surface area contributed by atoms with Crippen molar-refractivity contribution in [3.63, 3.8) is 0 Å². The van der Waals surface area contributed by atoms with E-state index >= 15 is 0 Å². The first kappa shape index (κ1) is 17.8. The maximum atomic E-state index is 11.8. The smallest absolute Gasteiger partial charge is 0.315 e. The number of carboxylic acids is 1. The molecule has 0 saturated carbocycles. The minimum absolute atomic E-state index is 0.0736. The molecule has 1 atom stereocenters. The summed E-state index contributed by atoms with van der Waals surface area (Å²) in [5, 5.41) is 13.8. The number of hydrogen-bond donors (Lipinski definition) is 3. The van der Waals surface area contributed by atoms with Gasteiger partial charge in [-0.15, -0.1) is 0 Å². The normalized spacial score (nSPS) is 11.5. The molecular formula is C15H22N2O5. The molecule has 1 aromatic carbocycles. The second-order valence-electron chi connectivity index (χ2n) is 4.55. The number of hydrogen-bond acceptors (Lipinski definition) is 4. The molecule has 7 heteroatoms. The number of carbonyl (C=O) groups excluding carboxylic acids is 1. The van der Waals surface area contributed by atoms with Gasteiger partial charge in [0, 0.05) is 13.7 Å². The van der Waals surface area contributed by atoms with Crippen LogP contribution >= 0.6 is 0 Å². The van der Waals surface area contributed by atoms with Crippen molar-refractivity contribution in [3.05, 3.63) is 29.8 Å². The van der Waals surface area contributed by atoms with E-state index in [1.54, 1.807) is 7.11 Å². The van der Waals surface area contributed by atoms with E-state index in [1.165, 1.54) is 0 Å². The van der Waals surface area contributed by atoms with Crippen LogP contribution in [-0.4, -0.2) is 44.0 Å². The topological polar surface area (TPSA) is 96.9 Å². The fourth-order valence-corrected chi connectivity index (χ4v) is 1.84. The van der Waals surface area contributed by atoms with E-state index in [9.17, 15) is 9.59 Å². The van der Waals surface area contributed by atoms with E-state index in [-0.39, 0.29) is 19.0 Å². The standard InChI is InChI=1S/C15H22N2O5/c1-3-22-12-6-4-11(5-7-12)13(10-21-2)17-15(20)16-9-8-14(18)19/h4-7,13H,3,8-10H2,1-2H3,(H,18,19)(H2,16,17,20). The zero-order chi connectivity index (χ0) is 16.4. The monoisotopic (exact) mass is 310 g/mol. The maximum absolute atomic E-state index is 11.8. The molecular weight excluding hydrogens is 288 g/mol. The third kappa shape index (κ3) is 6.45. The van der Waals surface area contributed by atoms with Crippen molar-refractivity contribution >= 4 is 12.0 Å². The highest BCUT2D eigenvalue weighted by Gasteiger charge is 2.14. The summed E-state index contributed by atoms with van der Waals surface area (Å²) in [5.41, 5.74) is 0.874. The van der Waals surface area contributed by atoms with Crippen molar-refractivity contribution in [2.75, 3.05) is 26.9 Å². The highest BCUT2D eigenvalue weighted by atomic mass is 16.5. The minimum Gasteiger partial charge on any atom is -0.494 e. The van der Waals surface area contributed by atoms with Gasteiger partial charge in [0.15, 0.2) is 0 Å². The van der Waals surface area contributed by atoms with Crippen molar-refractivity contribution in [1.29, 1.82) is 0 Å². The Kier molecular flexibility index (Phi) is 7.77. The van der Waals surface area contributed by atoms with Crippen molar-refractivity contribution in [2.45, 2.75) is 19.4 Å². The summed E-state index contributed by atoms with van der Waals surface area (Å²) in [6.07, 6.45) is -0.120. The van der Waals surface area contributed by atoms with Crippen LogP contribution in [0.25, 0.3) is 0 Å². The first-order chi connectivity index (χ1) is 10.6. The lowest BCUT2D eigenvalue weighted by Gasteiger charge is -2.19. The Bertz CT molecular complexity index is 475. The van der Waals surface area contributed by atoms with E-state index < -0.39 is 12.0 Å². The summed E-state index contributed by atoms with van der Waals surface area (Å²) in [5.74, 6) is -0.200. The van der Waals surface area contributed by atoms with Gasteiger partial charge < -0.3 is 25.2 Å². The van der Waals surface area contributed by atoms with Crippen molar-refractivity contribution in [1.82, 2.24) is 10.6 Å². The van der Waals surface area contributed by atoms with Crippen LogP contribution in [0.5, 0.6) is 5.75 Å². The molecule has 0 aliphatic rings. The first-order valence-electron chi connectivity index (χ1n) is 7.04. The second kappa shape index (κ2) is 9.62. The van der Waals surface area contributed by atoms with Crippen LogP contribution in [0.2, 0.25) is 0 Å². The number of aliphatic carboxylic acids is 1. The Morgan fingerprint density at radius 1 is 1.27 bits per heavy atom. The Labute approximate surface area is 129 Å². The Hall–Kier alpha value is -2.28.